The summed E-state index contributed by atoms with van der Waals surface area (Å²) in [5.74, 6) is -0.378. The van der Waals surface area contributed by atoms with Gasteiger partial charge in [-0.15, -0.1) is 0 Å². The lowest BCUT2D eigenvalue weighted by molar-refractivity contribution is 0.0600. The Balaban J connectivity index is 1.70. The summed E-state index contributed by atoms with van der Waals surface area (Å²) in [7, 11) is 1.38. The Bertz CT molecular complexity index is 786. The maximum absolute atomic E-state index is 12.6. The minimum atomic E-state index is -0.354. The summed E-state index contributed by atoms with van der Waals surface area (Å²) < 4.78 is 4.85. The van der Waals surface area contributed by atoms with Gasteiger partial charge in [0.2, 0.25) is 0 Å². The normalized spacial score (nSPS) is 14.3. The molecule has 0 radical (unpaired) electrons. The molecule has 2 aromatic rings. The summed E-state index contributed by atoms with van der Waals surface area (Å²) in [5.41, 5.74) is 1.97. The molecular weight excluding hydrogens is 340 g/mol. The zero-order valence-corrected chi connectivity index (χ0v) is 14.7. The highest BCUT2D eigenvalue weighted by Crippen LogP contribution is 2.23. The van der Waals surface area contributed by atoms with Gasteiger partial charge in [0.1, 0.15) is 0 Å². The monoisotopic (exact) mass is 358 g/mol. The predicted molar refractivity (Wildman–Crippen MR) is 97.4 cm³/mol. The molecule has 1 saturated heterocycles. The number of para-hydroxylation sites is 1. The van der Waals surface area contributed by atoms with Crippen LogP contribution in [-0.4, -0.2) is 50.1 Å². The fourth-order valence-electron chi connectivity index (χ4n) is 2.99. The predicted octanol–water partition coefficient (Wildman–Crippen LogP) is 3.09. The van der Waals surface area contributed by atoms with E-state index >= 15 is 0 Å². The molecule has 0 saturated carbocycles. The molecule has 5 nitrogen and oxygen atoms in total. The van der Waals surface area contributed by atoms with Crippen LogP contribution in [0.5, 0.6) is 0 Å². The molecule has 130 valence electrons. The van der Waals surface area contributed by atoms with Gasteiger partial charge in [0.15, 0.2) is 0 Å². The first-order valence-corrected chi connectivity index (χ1v) is 8.45. The molecule has 0 spiro atoms. The van der Waals surface area contributed by atoms with Crippen LogP contribution >= 0.6 is 11.6 Å². The van der Waals surface area contributed by atoms with E-state index in [1.54, 1.807) is 30.3 Å². The van der Waals surface area contributed by atoms with Crippen molar-refractivity contribution in [1.29, 1.82) is 0 Å². The highest BCUT2D eigenvalue weighted by molar-refractivity contribution is 6.30. The van der Waals surface area contributed by atoms with Crippen molar-refractivity contribution in [3.8, 4) is 0 Å². The van der Waals surface area contributed by atoms with Gasteiger partial charge in [-0.1, -0.05) is 29.8 Å². The fraction of sp³-hybridized carbons (Fsp3) is 0.263. The molecular formula is C19H19ClN2O3. The van der Waals surface area contributed by atoms with Crippen LogP contribution < -0.4 is 4.90 Å². The largest absolute Gasteiger partial charge is 0.465 e. The van der Waals surface area contributed by atoms with E-state index in [4.69, 9.17) is 16.3 Å². The quantitative estimate of drug-likeness (QED) is 0.791. The van der Waals surface area contributed by atoms with Crippen LogP contribution in [0, 0.1) is 0 Å². The van der Waals surface area contributed by atoms with Gasteiger partial charge in [0.05, 0.1) is 18.4 Å². The van der Waals surface area contributed by atoms with Crippen molar-refractivity contribution in [3.05, 3.63) is 64.7 Å². The average molecular weight is 359 g/mol. The standard InChI is InChI=1S/C19H19ClN2O3/c1-25-19(24)16-7-2-3-8-17(16)21-9-11-22(12-10-21)18(23)14-5-4-6-15(20)13-14/h2-8,13H,9-12H2,1H3. The molecule has 0 unspecified atom stereocenters. The Hall–Kier alpha value is -2.53. The first-order chi connectivity index (χ1) is 12.1. The summed E-state index contributed by atoms with van der Waals surface area (Å²) >= 11 is 5.97. The molecule has 6 heteroatoms. The van der Waals surface area contributed by atoms with Gasteiger partial charge in [-0.25, -0.2) is 4.79 Å². The molecule has 1 aliphatic rings. The van der Waals surface area contributed by atoms with Crippen LogP contribution in [-0.2, 0) is 4.74 Å². The zero-order chi connectivity index (χ0) is 17.8. The van der Waals surface area contributed by atoms with E-state index in [9.17, 15) is 9.59 Å². The van der Waals surface area contributed by atoms with Gasteiger partial charge < -0.3 is 14.5 Å². The second kappa shape index (κ2) is 7.57. The number of hydrogen-bond donors (Lipinski definition) is 0. The summed E-state index contributed by atoms with van der Waals surface area (Å²) in [6.45, 7) is 2.47. The van der Waals surface area contributed by atoms with E-state index in [0.717, 1.165) is 5.69 Å². The van der Waals surface area contributed by atoms with Crippen molar-refractivity contribution in [3.63, 3.8) is 0 Å². The van der Waals surface area contributed by atoms with E-state index in [1.807, 2.05) is 23.1 Å². The topological polar surface area (TPSA) is 49.9 Å². The number of esters is 1. The van der Waals surface area contributed by atoms with E-state index in [2.05, 4.69) is 4.90 Å². The van der Waals surface area contributed by atoms with Crippen LogP contribution in [0.25, 0.3) is 0 Å². The number of methoxy groups -OCH3 is 1. The number of nitrogens with zero attached hydrogens (tertiary/aromatic N) is 2. The van der Waals surface area contributed by atoms with Crippen LogP contribution in [0.1, 0.15) is 20.7 Å². The Kier molecular flexibility index (Phi) is 5.24. The van der Waals surface area contributed by atoms with Crippen molar-refractivity contribution in [2.75, 3.05) is 38.2 Å². The van der Waals surface area contributed by atoms with Gasteiger partial charge in [-0.2, -0.15) is 0 Å². The summed E-state index contributed by atoms with van der Waals surface area (Å²) in [4.78, 5) is 28.4. The second-order valence-corrected chi connectivity index (χ2v) is 6.23. The number of piperazine rings is 1. The maximum atomic E-state index is 12.6. The van der Waals surface area contributed by atoms with Crippen molar-refractivity contribution in [2.45, 2.75) is 0 Å². The van der Waals surface area contributed by atoms with Gasteiger partial charge in [0.25, 0.3) is 5.91 Å². The number of ether oxygens (including phenoxy) is 1. The number of benzene rings is 2. The SMILES string of the molecule is COC(=O)c1ccccc1N1CCN(C(=O)c2cccc(Cl)c2)CC1. The highest BCUT2D eigenvalue weighted by atomic mass is 35.5. The molecule has 2 aromatic carbocycles. The Morgan fingerprint density at radius 2 is 1.72 bits per heavy atom. The molecule has 0 aliphatic carbocycles. The Morgan fingerprint density at radius 3 is 2.40 bits per heavy atom. The number of anilines is 1. The average Bonchev–Trinajstić information content (AvgIpc) is 2.67. The van der Waals surface area contributed by atoms with Gasteiger partial charge >= 0.3 is 5.97 Å². The number of amides is 1. The third kappa shape index (κ3) is 3.77. The third-order valence-electron chi connectivity index (χ3n) is 4.29. The van der Waals surface area contributed by atoms with E-state index < -0.39 is 0 Å². The smallest absolute Gasteiger partial charge is 0.339 e. The highest BCUT2D eigenvalue weighted by Gasteiger charge is 2.24. The van der Waals surface area contributed by atoms with Crippen molar-refractivity contribution in [1.82, 2.24) is 4.90 Å². The summed E-state index contributed by atoms with van der Waals surface area (Å²) in [5, 5.41) is 0.552. The van der Waals surface area contributed by atoms with Crippen LogP contribution in [0.15, 0.2) is 48.5 Å². The number of carbonyl (C=O) groups is 2. The van der Waals surface area contributed by atoms with Crippen LogP contribution in [0.3, 0.4) is 0 Å². The minimum Gasteiger partial charge on any atom is -0.465 e. The van der Waals surface area contributed by atoms with E-state index in [0.29, 0.717) is 42.3 Å². The molecule has 0 atom stereocenters. The number of carbonyl (C=O) groups excluding carboxylic acids is 2. The maximum Gasteiger partial charge on any atom is 0.339 e. The van der Waals surface area contributed by atoms with Gasteiger partial charge in [-0.3, -0.25) is 4.79 Å². The molecule has 3 rings (SSSR count). The summed E-state index contributed by atoms with van der Waals surface area (Å²) in [6.07, 6.45) is 0. The Morgan fingerprint density at radius 1 is 1.00 bits per heavy atom. The molecule has 1 aliphatic heterocycles. The summed E-state index contributed by atoms with van der Waals surface area (Å²) in [6, 6.07) is 14.3. The fourth-order valence-corrected chi connectivity index (χ4v) is 3.18. The number of halogens is 1. The zero-order valence-electron chi connectivity index (χ0n) is 13.9. The molecule has 1 heterocycles. The molecule has 0 aromatic heterocycles. The first-order valence-electron chi connectivity index (χ1n) is 8.07. The van der Waals surface area contributed by atoms with Crippen molar-refractivity contribution >= 4 is 29.2 Å². The van der Waals surface area contributed by atoms with Crippen molar-refractivity contribution < 1.29 is 14.3 Å². The molecule has 0 N–H and O–H groups in total. The Labute approximate surface area is 151 Å². The number of rotatable bonds is 3. The van der Waals surface area contributed by atoms with Crippen LogP contribution in [0.2, 0.25) is 5.02 Å². The first kappa shape index (κ1) is 17.3. The molecule has 0 bridgehead atoms. The van der Waals surface area contributed by atoms with Crippen LogP contribution in [0.4, 0.5) is 5.69 Å². The third-order valence-corrected chi connectivity index (χ3v) is 4.52. The molecule has 1 amide bonds. The van der Waals surface area contributed by atoms with Crippen molar-refractivity contribution in [2.24, 2.45) is 0 Å². The number of hydrogen-bond acceptors (Lipinski definition) is 4. The molecule has 25 heavy (non-hydrogen) atoms. The van der Waals surface area contributed by atoms with Gasteiger partial charge in [-0.05, 0) is 30.3 Å². The lowest BCUT2D eigenvalue weighted by atomic mass is 10.1. The van der Waals surface area contributed by atoms with E-state index in [1.165, 1.54) is 7.11 Å². The van der Waals surface area contributed by atoms with E-state index in [-0.39, 0.29) is 11.9 Å². The lowest BCUT2D eigenvalue weighted by Crippen LogP contribution is -2.49. The minimum absolute atomic E-state index is 0.0246. The van der Waals surface area contributed by atoms with Gasteiger partial charge in [0, 0.05) is 36.8 Å². The lowest BCUT2D eigenvalue weighted by Gasteiger charge is -2.36. The second-order valence-electron chi connectivity index (χ2n) is 5.80. The molecule has 1 fully saturated rings.